The molecule has 0 saturated carbocycles. The van der Waals surface area contributed by atoms with Gasteiger partial charge in [0.2, 0.25) is 17.7 Å². The van der Waals surface area contributed by atoms with E-state index < -0.39 is 41.0 Å². The molecule has 71 heavy (non-hydrogen) atoms. The van der Waals surface area contributed by atoms with E-state index >= 15 is 0 Å². The second-order valence-corrected chi connectivity index (χ2v) is 18.3. The Kier molecular flexibility index (Phi) is 34.6. The van der Waals surface area contributed by atoms with Gasteiger partial charge in [0.15, 0.2) is 11.6 Å². The molecule has 20 heteroatoms. The number of hydrogen-bond acceptors (Lipinski definition) is 15. The van der Waals surface area contributed by atoms with E-state index in [1.54, 1.807) is 32.9 Å². The lowest BCUT2D eigenvalue weighted by Crippen LogP contribution is -2.43. The van der Waals surface area contributed by atoms with Crippen molar-refractivity contribution in [3.8, 4) is 5.75 Å². The minimum Gasteiger partial charge on any atom is -0.494 e. The monoisotopic (exact) mass is 1010 g/mol. The molecule has 0 aliphatic heterocycles. The van der Waals surface area contributed by atoms with Gasteiger partial charge < -0.3 is 55.6 Å². The van der Waals surface area contributed by atoms with Crippen LogP contribution in [0.3, 0.4) is 0 Å². The predicted octanol–water partition coefficient (Wildman–Crippen LogP) is 4.41. The summed E-state index contributed by atoms with van der Waals surface area (Å²) in [7, 11) is 0. The fourth-order valence-corrected chi connectivity index (χ4v) is 6.87. The molecule has 0 fully saturated rings. The maximum Gasteiger partial charge on any atom is 0.335 e. The van der Waals surface area contributed by atoms with Crippen LogP contribution in [0.4, 0.5) is 0 Å². The first-order valence-electron chi connectivity index (χ1n) is 25.0. The number of hydrogen-bond donors (Lipinski definition) is 6. The van der Waals surface area contributed by atoms with E-state index in [0.29, 0.717) is 51.2 Å². The van der Waals surface area contributed by atoms with Crippen LogP contribution < -0.4 is 26.4 Å². The average molecular weight is 1010 g/mol. The maximum atomic E-state index is 12.9. The number of nitrogens with two attached hydrogens (primary N) is 1. The van der Waals surface area contributed by atoms with Crippen LogP contribution in [0.2, 0.25) is 0 Å². The Bertz CT molecular complexity index is 1770. The molecule has 1 aromatic carbocycles. The Morgan fingerprint density at radius 3 is 1.72 bits per heavy atom. The van der Waals surface area contributed by atoms with Gasteiger partial charge in [0.05, 0.1) is 63.3 Å². The number of carboxylic acids is 2. The van der Waals surface area contributed by atoms with Gasteiger partial charge in [-0.3, -0.25) is 38.4 Å². The highest BCUT2D eigenvalue weighted by Crippen LogP contribution is 2.22. The van der Waals surface area contributed by atoms with Crippen molar-refractivity contribution in [3.05, 3.63) is 29.8 Å². The van der Waals surface area contributed by atoms with Crippen molar-refractivity contribution < 1.29 is 77.0 Å². The van der Waals surface area contributed by atoms with Crippen LogP contribution in [0.5, 0.6) is 5.75 Å². The normalized spacial score (nSPS) is 12.6. The molecule has 20 nitrogen and oxygen atoms in total. The van der Waals surface area contributed by atoms with E-state index in [9.17, 15) is 48.3 Å². The van der Waals surface area contributed by atoms with Crippen LogP contribution in [0.25, 0.3) is 0 Å². The van der Waals surface area contributed by atoms with Gasteiger partial charge in [-0.15, -0.1) is 0 Å². The molecule has 1 rings (SSSR count). The first kappa shape index (κ1) is 63.9. The van der Waals surface area contributed by atoms with Gasteiger partial charge in [-0.1, -0.05) is 45.4 Å². The molecule has 0 bridgehead atoms. The smallest absolute Gasteiger partial charge is 0.335 e. The molecular weight excluding hydrogens is 925 g/mol. The van der Waals surface area contributed by atoms with Gasteiger partial charge in [-0.2, -0.15) is 0 Å². The van der Waals surface area contributed by atoms with Gasteiger partial charge in [0, 0.05) is 63.6 Å². The average Bonchev–Trinajstić information content (AvgIpc) is 3.31. The highest BCUT2D eigenvalue weighted by Gasteiger charge is 2.30. The number of benzene rings is 1. The Balaban J connectivity index is 2.01. The third-order valence-electron chi connectivity index (χ3n) is 11.4. The summed E-state index contributed by atoms with van der Waals surface area (Å²) in [5, 5.41) is 26.8. The second kappa shape index (κ2) is 38.5. The molecule has 0 radical (unpaired) electrons. The zero-order chi connectivity index (χ0) is 52.9. The van der Waals surface area contributed by atoms with E-state index in [1.807, 2.05) is 0 Å². The van der Waals surface area contributed by atoms with Crippen LogP contribution in [-0.2, 0) is 57.3 Å². The zero-order valence-corrected chi connectivity index (χ0v) is 42.5. The number of unbranched alkanes of at least 4 members (excludes halogenated alkanes) is 7. The Hall–Kier alpha value is -5.15. The van der Waals surface area contributed by atoms with Crippen molar-refractivity contribution in [1.82, 2.24) is 16.0 Å². The van der Waals surface area contributed by atoms with E-state index in [-0.39, 0.29) is 132 Å². The van der Waals surface area contributed by atoms with Crippen LogP contribution in [0, 0.1) is 17.8 Å². The van der Waals surface area contributed by atoms with E-state index in [0.717, 1.165) is 44.9 Å². The quantitative estimate of drug-likeness (QED) is 0.0493. The first-order valence-corrected chi connectivity index (χ1v) is 25.0. The molecule has 3 atom stereocenters. The minimum atomic E-state index is -1.20. The van der Waals surface area contributed by atoms with Crippen molar-refractivity contribution >= 4 is 52.8 Å². The summed E-state index contributed by atoms with van der Waals surface area (Å²) in [6, 6.07) is 6.37. The zero-order valence-electron chi connectivity index (χ0n) is 42.5. The van der Waals surface area contributed by atoms with Crippen LogP contribution in [0.1, 0.15) is 141 Å². The molecular formula is C51H82N4O16. The molecule has 0 spiro atoms. The Morgan fingerprint density at radius 2 is 1.13 bits per heavy atom. The highest BCUT2D eigenvalue weighted by atomic mass is 16.5. The Morgan fingerprint density at radius 1 is 0.577 bits per heavy atom. The van der Waals surface area contributed by atoms with Crippen LogP contribution in [0.15, 0.2) is 24.3 Å². The molecule has 0 aromatic heterocycles. The number of Topliss-reactive ketones (excluding diaryl/α,β-unsaturated/α-hetero) is 4. The Labute approximate surface area is 418 Å². The van der Waals surface area contributed by atoms with Crippen molar-refractivity contribution in [3.63, 3.8) is 0 Å². The van der Waals surface area contributed by atoms with Crippen molar-refractivity contribution in [2.45, 2.75) is 136 Å². The molecule has 3 amide bonds. The predicted molar refractivity (Wildman–Crippen MR) is 263 cm³/mol. The number of ether oxygens (including phenoxy) is 5. The van der Waals surface area contributed by atoms with Gasteiger partial charge in [-0.05, 0) is 77.1 Å². The van der Waals surface area contributed by atoms with Crippen LogP contribution in [-0.4, -0.2) is 148 Å². The topological polar surface area (TPSA) is 302 Å². The molecule has 402 valence electrons. The summed E-state index contributed by atoms with van der Waals surface area (Å²) in [6.07, 6.45) is 8.45. The van der Waals surface area contributed by atoms with Crippen molar-refractivity contribution in [2.75, 3.05) is 79.1 Å². The largest absolute Gasteiger partial charge is 0.494 e. The van der Waals surface area contributed by atoms with E-state index in [4.69, 9.17) is 34.5 Å². The summed E-state index contributed by atoms with van der Waals surface area (Å²) in [5.74, 6) is -5.32. The fourth-order valence-electron chi connectivity index (χ4n) is 6.87. The van der Waals surface area contributed by atoms with E-state index in [2.05, 4.69) is 16.0 Å². The number of carboxylic acid groups (broad SMARTS) is 2. The first-order chi connectivity index (χ1) is 33.8. The summed E-state index contributed by atoms with van der Waals surface area (Å²) in [6.45, 7) is 8.40. The molecule has 1 aromatic rings. The molecule has 0 aliphatic carbocycles. The second-order valence-electron chi connectivity index (χ2n) is 18.3. The number of aliphatic carboxylic acids is 1. The van der Waals surface area contributed by atoms with Gasteiger partial charge >= 0.3 is 11.9 Å². The fraction of sp³-hybridized carbons (Fsp3) is 0.706. The molecule has 0 heterocycles. The number of ketones is 4. The lowest BCUT2D eigenvalue weighted by Gasteiger charge is -2.22. The SMILES string of the molecule is CC(=O)[C@H](C)CC(=O)[C@H](CCCCNC(=O)CC[C@H](CC(=O)COCCOCCNC(=O)COCCOCCNC(=O)CCCCCCCCCOc1ccc(C(=O)O)cc1)C(=O)O)CC(=O)C(C)(C)N. The third-order valence-corrected chi connectivity index (χ3v) is 11.4. The van der Waals surface area contributed by atoms with E-state index in [1.165, 1.54) is 19.1 Å². The highest BCUT2D eigenvalue weighted by molar-refractivity contribution is 5.94. The minimum absolute atomic E-state index is 0.0199. The van der Waals surface area contributed by atoms with Crippen molar-refractivity contribution in [2.24, 2.45) is 23.5 Å². The summed E-state index contributed by atoms with van der Waals surface area (Å²) in [5.41, 5.74) is 5.06. The molecule has 0 unspecified atom stereocenters. The summed E-state index contributed by atoms with van der Waals surface area (Å²) >= 11 is 0. The van der Waals surface area contributed by atoms with Crippen molar-refractivity contribution in [1.29, 1.82) is 0 Å². The third kappa shape index (κ3) is 34.0. The van der Waals surface area contributed by atoms with Gasteiger partial charge in [-0.25, -0.2) is 4.79 Å². The standard InChI is InChI=1S/C51H82N4O16/c1-37(38(2)56)32-44(58)40(34-45(59)51(3,4)52)14-11-12-22-53-47(61)21-18-41(50(65)66)33-42(57)35-69-30-28-68-27-24-55-48(62)36-70-31-29-67-26-23-54-46(60)15-10-8-6-5-7-9-13-25-71-43-19-16-39(17-20-43)49(63)64/h16-17,19-20,37,40-41H,5-15,18,21-36,52H2,1-4H3,(H,53,61)(H,54,60)(H,55,62)(H,63,64)(H,65,66)/t37-,40-,41-/m1/s1. The molecule has 0 aliphatic rings. The number of carbonyl (C=O) groups is 9. The maximum absolute atomic E-state index is 12.9. The lowest BCUT2D eigenvalue weighted by molar-refractivity contribution is -0.144. The number of aromatic carboxylic acids is 1. The van der Waals surface area contributed by atoms with Gasteiger partial charge in [0.1, 0.15) is 30.5 Å². The lowest BCUT2D eigenvalue weighted by atomic mass is 9.83. The number of rotatable bonds is 46. The summed E-state index contributed by atoms with van der Waals surface area (Å²) in [4.78, 5) is 109. The molecule has 7 N–H and O–H groups in total. The number of amides is 3. The van der Waals surface area contributed by atoms with Gasteiger partial charge in [0.25, 0.3) is 0 Å². The summed E-state index contributed by atoms with van der Waals surface area (Å²) < 4.78 is 27.1. The number of carbonyl (C=O) groups excluding carboxylic acids is 7. The number of nitrogens with one attached hydrogen (secondary N) is 3. The van der Waals surface area contributed by atoms with Crippen LogP contribution >= 0.6 is 0 Å². The molecule has 0 saturated heterocycles.